The van der Waals surface area contributed by atoms with E-state index in [2.05, 4.69) is 0 Å². The van der Waals surface area contributed by atoms with Gasteiger partial charge in [0, 0.05) is 6.92 Å². The van der Waals surface area contributed by atoms with E-state index in [1.165, 1.54) is 20.3 Å². The second-order valence-corrected chi connectivity index (χ2v) is 3.80. The van der Waals surface area contributed by atoms with Gasteiger partial charge in [-0.25, -0.2) is 8.78 Å². The van der Waals surface area contributed by atoms with Gasteiger partial charge in [0.2, 0.25) is 0 Å². The Morgan fingerprint density at radius 1 is 1.06 bits per heavy atom. The smallest absolute Gasteiger partial charge is 0.274 e. The average Bonchev–Trinajstić information content (AvgIpc) is 2.20. The minimum Gasteiger partial charge on any atom is -0.496 e. The van der Waals surface area contributed by atoms with Crippen LogP contribution in [0.1, 0.15) is 23.6 Å². The molecule has 16 heavy (non-hydrogen) atoms. The number of methoxy groups -OCH3 is 2. The van der Waals surface area contributed by atoms with E-state index >= 15 is 0 Å². The fourth-order valence-electron chi connectivity index (χ4n) is 1.66. The third kappa shape index (κ3) is 2.10. The van der Waals surface area contributed by atoms with Gasteiger partial charge in [-0.05, 0) is 31.0 Å². The number of rotatable bonds is 3. The third-order valence-corrected chi connectivity index (χ3v) is 2.69. The molecule has 0 aliphatic carbocycles. The zero-order chi connectivity index (χ0) is 12.5. The van der Waals surface area contributed by atoms with E-state index in [0.717, 1.165) is 12.5 Å². The highest BCUT2D eigenvalue weighted by atomic mass is 19.3. The Labute approximate surface area is 94.2 Å². The molecule has 0 heterocycles. The Morgan fingerprint density at radius 2 is 1.62 bits per heavy atom. The molecule has 1 aromatic rings. The zero-order valence-electron chi connectivity index (χ0n) is 10.1. The molecule has 1 aromatic carbocycles. The molecule has 0 saturated heterocycles. The molecule has 2 nitrogen and oxygen atoms in total. The highest BCUT2D eigenvalue weighted by Gasteiger charge is 2.31. The molecular weight excluding hydrogens is 214 g/mol. The predicted octanol–water partition coefficient (Wildman–Crippen LogP) is 3.43. The summed E-state index contributed by atoms with van der Waals surface area (Å²) in [6, 6.07) is 1.33. The molecule has 0 aliphatic heterocycles. The molecule has 0 aromatic heterocycles. The number of hydrogen-bond donors (Lipinski definition) is 0. The van der Waals surface area contributed by atoms with Crippen molar-refractivity contribution in [1.29, 1.82) is 0 Å². The van der Waals surface area contributed by atoms with Crippen molar-refractivity contribution in [3.8, 4) is 11.5 Å². The Morgan fingerprint density at radius 3 is 2.00 bits per heavy atom. The van der Waals surface area contributed by atoms with Gasteiger partial charge in [0.15, 0.2) is 0 Å². The van der Waals surface area contributed by atoms with Crippen LogP contribution in [0.2, 0.25) is 0 Å². The lowest BCUT2D eigenvalue weighted by atomic mass is 9.99. The van der Waals surface area contributed by atoms with Crippen LogP contribution in [-0.4, -0.2) is 14.2 Å². The van der Waals surface area contributed by atoms with Crippen molar-refractivity contribution < 1.29 is 18.3 Å². The first-order chi connectivity index (χ1) is 7.32. The average molecular weight is 230 g/mol. The van der Waals surface area contributed by atoms with E-state index in [0.29, 0.717) is 11.3 Å². The van der Waals surface area contributed by atoms with Crippen LogP contribution in [0.5, 0.6) is 11.5 Å². The van der Waals surface area contributed by atoms with Crippen LogP contribution >= 0.6 is 0 Å². The molecule has 90 valence electrons. The van der Waals surface area contributed by atoms with Gasteiger partial charge in [0.05, 0.1) is 19.8 Å². The lowest BCUT2D eigenvalue weighted by molar-refractivity contribution is 0.0147. The molecule has 1 rings (SSSR count). The summed E-state index contributed by atoms with van der Waals surface area (Å²) in [7, 11) is 2.86. The molecule has 0 fully saturated rings. The Kier molecular flexibility index (Phi) is 3.41. The molecular formula is C12H16F2O2. The maximum absolute atomic E-state index is 13.4. The second-order valence-electron chi connectivity index (χ2n) is 3.80. The van der Waals surface area contributed by atoms with E-state index in [1.807, 2.05) is 6.92 Å². The fraction of sp³-hybridized carbons (Fsp3) is 0.500. The summed E-state index contributed by atoms with van der Waals surface area (Å²) >= 11 is 0. The van der Waals surface area contributed by atoms with Crippen molar-refractivity contribution in [2.75, 3.05) is 14.2 Å². The van der Waals surface area contributed by atoms with Crippen LogP contribution in [0.15, 0.2) is 6.07 Å². The Bertz CT molecular complexity index is 395. The highest BCUT2D eigenvalue weighted by molar-refractivity contribution is 5.53. The topological polar surface area (TPSA) is 18.5 Å². The first-order valence-electron chi connectivity index (χ1n) is 4.93. The monoisotopic (exact) mass is 230 g/mol. The summed E-state index contributed by atoms with van der Waals surface area (Å²) in [6.07, 6.45) is 0. The summed E-state index contributed by atoms with van der Waals surface area (Å²) in [6.45, 7) is 4.40. The lowest BCUT2D eigenvalue weighted by Gasteiger charge is -2.20. The molecule has 0 bridgehead atoms. The maximum atomic E-state index is 13.4. The van der Waals surface area contributed by atoms with Crippen LogP contribution < -0.4 is 9.47 Å². The molecule has 4 heteroatoms. The molecule has 0 N–H and O–H groups in total. The quantitative estimate of drug-likeness (QED) is 0.792. The van der Waals surface area contributed by atoms with Crippen LogP contribution in [0.25, 0.3) is 0 Å². The first kappa shape index (κ1) is 12.7. The first-order valence-corrected chi connectivity index (χ1v) is 4.93. The maximum Gasteiger partial charge on any atom is 0.274 e. The predicted molar refractivity (Wildman–Crippen MR) is 58.6 cm³/mol. The fourth-order valence-corrected chi connectivity index (χ4v) is 1.66. The molecule has 0 amide bonds. The van der Waals surface area contributed by atoms with Gasteiger partial charge in [0.1, 0.15) is 11.5 Å². The van der Waals surface area contributed by atoms with Crippen molar-refractivity contribution in [2.45, 2.75) is 26.7 Å². The van der Waals surface area contributed by atoms with Crippen molar-refractivity contribution in [1.82, 2.24) is 0 Å². The van der Waals surface area contributed by atoms with Gasteiger partial charge >= 0.3 is 0 Å². The summed E-state index contributed by atoms with van der Waals surface area (Å²) in [5.74, 6) is -2.27. The minimum atomic E-state index is -2.95. The largest absolute Gasteiger partial charge is 0.496 e. The molecule has 0 unspecified atom stereocenters. The minimum absolute atomic E-state index is 0.144. The van der Waals surface area contributed by atoms with Crippen LogP contribution in [0.4, 0.5) is 8.78 Å². The lowest BCUT2D eigenvalue weighted by Crippen LogP contribution is -2.11. The summed E-state index contributed by atoms with van der Waals surface area (Å²) in [5.41, 5.74) is 1.35. The van der Waals surface area contributed by atoms with E-state index < -0.39 is 5.92 Å². The van der Waals surface area contributed by atoms with Gasteiger partial charge in [-0.1, -0.05) is 0 Å². The zero-order valence-corrected chi connectivity index (χ0v) is 10.1. The highest BCUT2D eigenvalue weighted by Crippen LogP contribution is 2.41. The van der Waals surface area contributed by atoms with Crippen molar-refractivity contribution in [3.63, 3.8) is 0 Å². The summed E-state index contributed by atoms with van der Waals surface area (Å²) in [5, 5.41) is 0. The number of ether oxygens (including phenoxy) is 2. The van der Waals surface area contributed by atoms with Crippen molar-refractivity contribution in [2.24, 2.45) is 0 Å². The van der Waals surface area contributed by atoms with Crippen molar-refractivity contribution >= 4 is 0 Å². The van der Waals surface area contributed by atoms with E-state index in [1.54, 1.807) is 6.92 Å². The van der Waals surface area contributed by atoms with Crippen LogP contribution in [0.3, 0.4) is 0 Å². The van der Waals surface area contributed by atoms with E-state index in [-0.39, 0.29) is 11.3 Å². The number of hydrogen-bond acceptors (Lipinski definition) is 2. The number of alkyl halides is 2. The Balaban J connectivity index is 3.54. The SMILES string of the molecule is COc1cc(C(C)(F)F)c(OC)c(C)c1C. The molecule has 0 spiro atoms. The normalized spacial score (nSPS) is 11.4. The molecule has 0 atom stereocenters. The van der Waals surface area contributed by atoms with E-state index in [4.69, 9.17) is 9.47 Å². The van der Waals surface area contributed by atoms with Gasteiger partial charge in [0.25, 0.3) is 5.92 Å². The summed E-state index contributed by atoms with van der Waals surface area (Å²) in [4.78, 5) is 0. The van der Waals surface area contributed by atoms with Gasteiger partial charge < -0.3 is 9.47 Å². The van der Waals surface area contributed by atoms with Crippen molar-refractivity contribution in [3.05, 3.63) is 22.8 Å². The standard InChI is InChI=1S/C12H16F2O2/c1-7-8(2)11(16-5)9(12(3,13)14)6-10(7)15-4/h6H,1-5H3. The number of benzene rings is 1. The Hall–Kier alpha value is -1.32. The van der Waals surface area contributed by atoms with Gasteiger partial charge in [-0.15, -0.1) is 0 Å². The molecule has 0 aliphatic rings. The molecule has 0 radical (unpaired) electrons. The second kappa shape index (κ2) is 4.28. The third-order valence-electron chi connectivity index (χ3n) is 2.69. The number of halogens is 2. The van der Waals surface area contributed by atoms with E-state index in [9.17, 15) is 8.78 Å². The summed E-state index contributed by atoms with van der Waals surface area (Å²) < 4.78 is 36.9. The molecule has 0 saturated carbocycles. The van der Waals surface area contributed by atoms with Crippen LogP contribution in [0, 0.1) is 13.8 Å². The van der Waals surface area contributed by atoms with Gasteiger partial charge in [-0.3, -0.25) is 0 Å². The van der Waals surface area contributed by atoms with Gasteiger partial charge in [-0.2, -0.15) is 0 Å². The van der Waals surface area contributed by atoms with Crippen LogP contribution in [-0.2, 0) is 5.92 Å².